The summed E-state index contributed by atoms with van der Waals surface area (Å²) in [7, 11) is 0. The molecule has 1 heterocycles. The van der Waals surface area contributed by atoms with E-state index in [1.807, 2.05) is 67.3 Å². The number of carbonyl (C=O) groups is 2. The SMILES string of the molecule is CCOC(=O)CC1(CC(=O)C=P(c2ccccc2)(c2ccccc2)c2ccccc2)SCCCS1. The molecule has 1 aliphatic rings. The van der Waals surface area contributed by atoms with E-state index in [-0.39, 0.29) is 18.2 Å². The van der Waals surface area contributed by atoms with Gasteiger partial charge >= 0.3 is 5.97 Å². The molecule has 3 aromatic rings. The minimum Gasteiger partial charge on any atom is -0.466 e. The highest BCUT2D eigenvalue weighted by atomic mass is 32.2. The van der Waals surface area contributed by atoms with Crippen molar-refractivity contribution in [3.05, 3.63) is 91.0 Å². The zero-order chi connectivity index (χ0) is 24.6. The number of ether oxygens (including phenoxy) is 1. The number of rotatable bonds is 9. The Morgan fingerprint density at radius 2 is 1.26 bits per heavy atom. The van der Waals surface area contributed by atoms with Crippen molar-refractivity contribution in [3.8, 4) is 0 Å². The predicted molar refractivity (Wildman–Crippen MR) is 154 cm³/mol. The Morgan fingerprint density at radius 3 is 1.69 bits per heavy atom. The van der Waals surface area contributed by atoms with Crippen LogP contribution in [0.25, 0.3) is 0 Å². The monoisotopic (exact) mass is 522 g/mol. The Balaban J connectivity index is 1.84. The third-order valence-electron chi connectivity index (χ3n) is 6.01. The van der Waals surface area contributed by atoms with Gasteiger partial charge in [0.05, 0.1) is 17.1 Å². The number of Topliss-reactive ketones (excluding diaryl/α,β-unsaturated/α-hetero) is 1. The van der Waals surface area contributed by atoms with Gasteiger partial charge in [0.2, 0.25) is 0 Å². The molecule has 3 aromatic carbocycles. The van der Waals surface area contributed by atoms with Gasteiger partial charge in [-0.15, -0.1) is 23.5 Å². The summed E-state index contributed by atoms with van der Waals surface area (Å²) in [5, 5.41) is 3.44. The summed E-state index contributed by atoms with van der Waals surface area (Å²) >= 11 is 3.48. The summed E-state index contributed by atoms with van der Waals surface area (Å²) in [6, 6.07) is 31.1. The summed E-state index contributed by atoms with van der Waals surface area (Å²) in [5.41, 5.74) is 0. The summed E-state index contributed by atoms with van der Waals surface area (Å²) in [5.74, 6) is 3.76. The molecule has 0 aromatic heterocycles. The molecule has 0 radical (unpaired) electrons. The molecular formula is C29H31O3PS2. The fraction of sp³-hybridized carbons (Fsp3) is 0.276. The molecule has 0 bridgehead atoms. The number of benzene rings is 3. The van der Waals surface area contributed by atoms with Crippen molar-refractivity contribution in [2.75, 3.05) is 18.1 Å². The van der Waals surface area contributed by atoms with Gasteiger partial charge in [0.1, 0.15) is 0 Å². The Bertz CT molecular complexity index is 1070. The fourth-order valence-electron chi connectivity index (χ4n) is 4.50. The lowest BCUT2D eigenvalue weighted by atomic mass is 10.1. The van der Waals surface area contributed by atoms with Crippen LogP contribution in [0.1, 0.15) is 26.2 Å². The van der Waals surface area contributed by atoms with Gasteiger partial charge in [0, 0.05) is 6.42 Å². The van der Waals surface area contributed by atoms with Gasteiger partial charge in [0.15, 0.2) is 5.78 Å². The maximum atomic E-state index is 14.0. The zero-order valence-electron chi connectivity index (χ0n) is 20.0. The van der Waals surface area contributed by atoms with Crippen LogP contribution in [-0.2, 0) is 14.3 Å². The van der Waals surface area contributed by atoms with Crippen molar-refractivity contribution < 1.29 is 14.3 Å². The summed E-state index contributed by atoms with van der Waals surface area (Å²) in [6.07, 6.45) is 1.66. The quantitative estimate of drug-likeness (QED) is 0.283. The Morgan fingerprint density at radius 1 is 0.800 bits per heavy atom. The molecule has 1 saturated heterocycles. The van der Waals surface area contributed by atoms with Crippen LogP contribution < -0.4 is 15.9 Å². The van der Waals surface area contributed by atoms with E-state index in [1.54, 1.807) is 23.5 Å². The molecule has 0 amide bonds. The van der Waals surface area contributed by atoms with Crippen LogP contribution >= 0.6 is 30.4 Å². The number of hydrogen-bond donors (Lipinski definition) is 0. The lowest BCUT2D eigenvalue weighted by Crippen LogP contribution is -2.34. The van der Waals surface area contributed by atoms with Gasteiger partial charge in [-0.25, -0.2) is 0 Å². The van der Waals surface area contributed by atoms with Crippen molar-refractivity contribution in [2.24, 2.45) is 0 Å². The van der Waals surface area contributed by atoms with E-state index in [0.717, 1.165) is 33.8 Å². The van der Waals surface area contributed by atoms with Crippen LogP contribution in [-0.4, -0.2) is 39.7 Å². The van der Waals surface area contributed by atoms with E-state index in [2.05, 4.69) is 36.4 Å². The molecule has 1 aliphatic heterocycles. The molecule has 6 heteroatoms. The minimum absolute atomic E-state index is 0.0843. The first-order chi connectivity index (χ1) is 17.1. The van der Waals surface area contributed by atoms with Gasteiger partial charge < -0.3 is 4.74 Å². The molecular weight excluding hydrogens is 491 g/mol. The number of carbonyl (C=O) groups excluding carboxylic acids is 2. The van der Waals surface area contributed by atoms with Gasteiger partial charge in [-0.2, -0.15) is 0 Å². The molecule has 1 fully saturated rings. The second-order valence-corrected chi connectivity index (χ2v) is 14.9. The standard InChI is InChI=1S/C29H31O3PS2/c1-2-32-28(31)22-29(34-19-12-20-35-29)21-24(30)23-33(25-13-6-3-7-14-25,26-15-8-4-9-16-26)27-17-10-5-11-18-27/h3-11,13-18,23H,2,12,19-22H2,1H3. The van der Waals surface area contributed by atoms with Gasteiger partial charge in [-0.05, 0) is 53.4 Å². The number of ketones is 1. The molecule has 0 atom stereocenters. The van der Waals surface area contributed by atoms with E-state index >= 15 is 0 Å². The topological polar surface area (TPSA) is 43.4 Å². The third kappa shape index (κ3) is 6.14. The maximum absolute atomic E-state index is 14.0. The third-order valence-corrected chi connectivity index (χ3v) is 13.3. The van der Waals surface area contributed by atoms with E-state index in [1.165, 1.54) is 0 Å². The second-order valence-electron chi connectivity index (χ2n) is 8.44. The molecule has 0 unspecified atom stereocenters. The summed E-state index contributed by atoms with van der Waals surface area (Å²) in [4.78, 5) is 26.5. The van der Waals surface area contributed by atoms with Crippen molar-refractivity contribution in [1.29, 1.82) is 0 Å². The van der Waals surface area contributed by atoms with Crippen LogP contribution in [0.15, 0.2) is 91.0 Å². The second kappa shape index (κ2) is 12.2. The first kappa shape index (κ1) is 25.9. The molecule has 0 N–H and O–H groups in total. The van der Waals surface area contributed by atoms with Crippen molar-refractivity contribution in [1.82, 2.24) is 0 Å². The average molecular weight is 523 g/mol. The fourth-order valence-corrected chi connectivity index (χ4v) is 11.6. The van der Waals surface area contributed by atoms with E-state index in [4.69, 9.17) is 4.74 Å². The largest absolute Gasteiger partial charge is 0.466 e. The predicted octanol–water partition coefficient (Wildman–Crippen LogP) is 5.26. The van der Waals surface area contributed by atoms with Crippen molar-refractivity contribution in [2.45, 2.75) is 30.3 Å². The Labute approximate surface area is 217 Å². The Kier molecular flexibility index (Phi) is 8.99. The highest BCUT2D eigenvalue weighted by molar-refractivity contribution is 8.18. The lowest BCUT2D eigenvalue weighted by molar-refractivity contribution is -0.143. The number of hydrogen-bond acceptors (Lipinski definition) is 5. The van der Waals surface area contributed by atoms with E-state index in [9.17, 15) is 9.59 Å². The van der Waals surface area contributed by atoms with Crippen LogP contribution in [0, 0.1) is 0 Å². The molecule has 182 valence electrons. The normalized spacial score (nSPS) is 15.2. The van der Waals surface area contributed by atoms with Crippen LogP contribution in [0.5, 0.6) is 0 Å². The number of esters is 1. The molecule has 0 spiro atoms. The Hall–Kier alpha value is -2.20. The smallest absolute Gasteiger partial charge is 0.308 e. The number of thioether (sulfide) groups is 2. The van der Waals surface area contributed by atoms with Crippen LogP contribution in [0.3, 0.4) is 0 Å². The van der Waals surface area contributed by atoms with Gasteiger partial charge in [-0.3, -0.25) is 9.59 Å². The molecule has 35 heavy (non-hydrogen) atoms. The van der Waals surface area contributed by atoms with Gasteiger partial charge in [0.25, 0.3) is 0 Å². The summed E-state index contributed by atoms with van der Waals surface area (Å²) < 4.78 is 4.81. The average Bonchev–Trinajstić information content (AvgIpc) is 2.89. The maximum Gasteiger partial charge on any atom is 0.308 e. The van der Waals surface area contributed by atoms with Crippen LogP contribution in [0.4, 0.5) is 0 Å². The first-order valence-electron chi connectivity index (χ1n) is 12.0. The first-order valence-corrected chi connectivity index (χ1v) is 15.8. The molecule has 0 saturated carbocycles. The van der Waals surface area contributed by atoms with E-state index < -0.39 is 11.0 Å². The molecule has 3 nitrogen and oxygen atoms in total. The van der Waals surface area contributed by atoms with Crippen molar-refractivity contribution >= 4 is 63.9 Å². The van der Waals surface area contributed by atoms with Crippen molar-refractivity contribution in [3.63, 3.8) is 0 Å². The molecule has 0 aliphatic carbocycles. The highest BCUT2D eigenvalue weighted by Crippen LogP contribution is 2.49. The molecule has 4 rings (SSSR count). The van der Waals surface area contributed by atoms with E-state index in [0.29, 0.717) is 13.0 Å². The zero-order valence-corrected chi connectivity index (χ0v) is 22.5. The highest BCUT2D eigenvalue weighted by Gasteiger charge is 2.39. The summed E-state index contributed by atoms with van der Waals surface area (Å²) in [6.45, 7) is -0.184. The van der Waals surface area contributed by atoms with Gasteiger partial charge in [-0.1, -0.05) is 91.0 Å². The minimum atomic E-state index is -2.36. The van der Waals surface area contributed by atoms with Crippen LogP contribution in [0.2, 0.25) is 0 Å². The lowest BCUT2D eigenvalue weighted by Gasteiger charge is -2.35.